The van der Waals surface area contributed by atoms with Crippen molar-refractivity contribution in [1.82, 2.24) is 5.32 Å². The Morgan fingerprint density at radius 3 is 2.47 bits per heavy atom. The second-order valence-corrected chi connectivity index (χ2v) is 7.31. The number of anilines is 1. The fourth-order valence-electron chi connectivity index (χ4n) is 3.61. The molecular formula is C23H26F2N2O5. The summed E-state index contributed by atoms with van der Waals surface area (Å²) in [5.74, 6) is -0.432. The number of alkyl halides is 2. The molecule has 7 nitrogen and oxygen atoms in total. The zero-order valence-electron chi connectivity index (χ0n) is 17.7. The molecular weight excluding hydrogens is 422 g/mol. The lowest BCUT2D eigenvalue weighted by molar-refractivity contribution is -0.131. The largest absolute Gasteiger partial charge is 0.462 e. The fourth-order valence-corrected chi connectivity index (χ4v) is 3.61. The third kappa shape index (κ3) is 6.65. The average Bonchev–Trinajstić information content (AvgIpc) is 3.19. The van der Waals surface area contributed by atoms with Crippen molar-refractivity contribution in [1.29, 1.82) is 0 Å². The normalized spacial score (nSPS) is 17.9. The van der Waals surface area contributed by atoms with E-state index < -0.39 is 18.7 Å². The van der Waals surface area contributed by atoms with E-state index in [-0.39, 0.29) is 31.9 Å². The molecule has 172 valence electrons. The summed E-state index contributed by atoms with van der Waals surface area (Å²) in [6, 6.07) is 15.3. The molecule has 0 bridgehead atoms. The predicted molar refractivity (Wildman–Crippen MR) is 114 cm³/mol. The zero-order chi connectivity index (χ0) is 22.9. The second kappa shape index (κ2) is 11.4. The average molecular weight is 448 g/mol. The molecule has 9 heteroatoms. The summed E-state index contributed by atoms with van der Waals surface area (Å²) in [6.45, 7) is -0.567. The van der Waals surface area contributed by atoms with Crippen LogP contribution in [0.1, 0.15) is 29.3 Å². The van der Waals surface area contributed by atoms with Gasteiger partial charge in [0.05, 0.1) is 30.9 Å². The van der Waals surface area contributed by atoms with Crippen molar-refractivity contribution in [3.8, 4) is 0 Å². The minimum atomic E-state index is -2.88. The number of hydrogen-bond acceptors (Lipinski definition) is 6. The van der Waals surface area contributed by atoms with Crippen LogP contribution in [0.2, 0.25) is 0 Å². The van der Waals surface area contributed by atoms with E-state index in [0.29, 0.717) is 18.5 Å². The van der Waals surface area contributed by atoms with Gasteiger partial charge in [0, 0.05) is 12.2 Å². The van der Waals surface area contributed by atoms with Crippen molar-refractivity contribution >= 4 is 17.7 Å². The molecule has 2 atom stereocenters. The number of alkyl carbamates (subject to hydrolysis) is 1. The van der Waals surface area contributed by atoms with Gasteiger partial charge < -0.3 is 24.4 Å². The number of hydrogen-bond donors (Lipinski definition) is 1. The van der Waals surface area contributed by atoms with Crippen molar-refractivity contribution in [2.45, 2.75) is 38.6 Å². The first-order valence-corrected chi connectivity index (χ1v) is 10.4. The summed E-state index contributed by atoms with van der Waals surface area (Å²) in [5.41, 5.74) is 1.98. The first-order chi connectivity index (χ1) is 15.5. The quantitative estimate of drug-likeness (QED) is 0.585. The number of ether oxygens (including phenoxy) is 3. The van der Waals surface area contributed by atoms with Crippen molar-refractivity contribution in [3.63, 3.8) is 0 Å². The molecule has 0 saturated carbocycles. The smallest absolute Gasteiger partial charge is 0.407 e. The van der Waals surface area contributed by atoms with E-state index in [0.717, 1.165) is 11.3 Å². The zero-order valence-corrected chi connectivity index (χ0v) is 17.7. The number of carbonyl (C=O) groups excluding carboxylic acids is 2. The Balaban J connectivity index is 1.62. The van der Waals surface area contributed by atoms with Crippen molar-refractivity contribution in [2.75, 3.05) is 24.7 Å². The number of carbonyl (C=O) groups is 2. The SMILES string of the molecule is CCOC(=O)c1ccc(N2C[C@@H](NC(=O)OCc3ccccc3)C[C@H]2COC(F)F)cc1. The number of esters is 1. The molecule has 0 unspecified atom stereocenters. The van der Waals surface area contributed by atoms with Gasteiger partial charge in [-0.2, -0.15) is 8.78 Å². The first kappa shape index (κ1) is 23.5. The van der Waals surface area contributed by atoms with Crippen LogP contribution < -0.4 is 10.2 Å². The van der Waals surface area contributed by atoms with Crippen LogP contribution in [0.25, 0.3) is 0 Å². The van der Waals surface area contributed by atoms with E-state index in [2.05, 4.69) is 10.1 Å². The molecule has 1 aliphatic rings. The summed E-state index contributed by atoms with van der Waals surface area (Å²) < 4.78 is 40.0. The van der Waals surface area contributed by atoms with Crippen LogP contribution in [-0.4, -0.2) is 50.5 Å². The van der Waals surface area contributed by atoms with Gasteiger partial charge in [-0.05, 0) is 43.2 Å². The van der Waals surface area contributed by atoms with E-state index in [9.17, 15) is 18.4 Å². The number of amides is 1. The van der Waals surface area contributed by atoms with E-state index in [1.54, 1.807) is 31.2 Å². The Labute approximate surface area is 185 Å². The molecule has 1 amide bonds. The third-order valence-corrected chi connectivity index (χ3v) is 5.07. The lowest BCUT2D eigenvalue weighted by Crippen LogP contribution is -2.37. The van der Waals surface area contributed by atoms with E-state index in [1.807, 2.05) is 35.2 Å². The Kier molecular flexibility index (Phi) is 8.38. The van der Waals surface area contributed by atoms with Crippen molar-refractivity contribution in [2.24, 2.45) is 0 Å². The highest BCUT2D eigenvalue weighted by Gasteiger charge is 2.34. The summed E-state index contributed by atoms with van der Waals surface area (Å²) >= 11 is 0. The van der Waals surface area contributed by atoms with Crippen LogP contribution in [0.4, 0.5) is 19.3 Å². The Bertz CT molecular complexity index is 880. The first-order valence-electron chi connectivity index (χ1n) is 10.4. The molecule has 2 aromatic carbocycles. The molecule has 1 aliphatic heterocycles. The van der Waals surface area contributed by atoms with Crippen molar-refractivity contribution < 1.29 is 32.6 Å². The van der Waals surface area contributed by atoms with Crippen LogP contribution in [0.15, 0.2) is 54.6 Å². The molecule has 1 heterocycles. The number of halogens is 2. The van der Waals surface area contributed by atoms with E-state index >= 15 is 0 Å². The number of nitrogens with one attached hydrogen (secondary N) is 1. The Morgan fingerprint density at radius 2 is 1.81 bits per heavy atom. The van der Waals surface area contributed by atoms with E-state index in [4.69, 9.17) is 9.47 Å². The number of nitrogens with zero attached hydrogens (tertiary/aromatic N) is 1. The molecule has 0 radical (unpaired) electrons. The highest BCUT2D eigenvalue weighted by molar-refractivity contribution is 5.89. The maximum Gasteiger partial charge on any atom is 0.407 e. The molecule has 0 aromatic heterocycles. The van der Waals surface area contributed by atoms with Gasteiger partial charge in [-0.25, -0.2) is 9.59 Å². The predicted octanol–water partition coefficient (Wildman–Crippen LogP) is 3.98. The topological polar surface area (TPSA) is 77.1 Å². The monoisotopic (exact) mass is 448 g/mol. The van der Waals surface area contributed by atoms with Gasteiger partial charge in [0.25, 0.3) is 0 Å². The van der Waals surface area contributed by atoms with Gasteiger partial charge in [-0.3, -0.25) is 0 Å². The van der Waals surface area contributed by atoms with Crippen LogP contribution in [0.3, 0.4) is 0 Å². The molecule has 3 rings (SSSR count). The summed E-state index contributed by atoms with van der Waals surface area (Å²) in [4.78, 5) is 25.9. The highest BCUT2D eigenvalue weighted by Crippen LogP contribution is 2.27. The fraction of sp³-hybridized carbons (Fsp3) is 0.391. The van der Waals surface area contributed by atoms with E-state index in [1.165, 1.54) is 0 Å². The minimum Gasteiger partial charge on any atom is -0.462 e. The van der Waals surface area contributed by atoms with Gasteiger partial charge in [0.15, 0.2) is 0 Å². The molecule has 1 N–H and O–H groups in total. The van der Waals surface area contributed by atoms with Gasteiger partial charge in [0.1, 0.15) is 6.61 Å². The standard InChI is InChI=1S/C23H26F2N2O5/c1-2-30-21(28)17-8-10-19(11-9-17)27-13-18(12-20(27)15-31-22(24)25)26-23(29)32-14-16-6-4-3-5-7-16/h3-11,18,20,22H,2,12-15H2,1H3,(H,26,29)/t18-,20-/m0/s1. The number of rotatable bonds is 9. The van der Waals surface area contributed by atoms with Crippen molar-refractivity contribution in [3.05, 3.63) is 65.7 Å². The highest BCUT2D eigenvalue weighted by atomic mass is 19.3. The maximum absolute atomic E-state index is 12.6. The minimum absolute atomic E-state index is 0.135. The summed E-state index contributed by atoms with van der Waals surface area (Å²) in [6.07, 6.45) is -0.167. The Hall–Kier alpha value is -3.20. The van der Waals surface area contributed by atoms with Gasteiger partial charge in [-0.1, -0.05) is 30.3 Å². The molecule has 2 aromatic rings. The summed E-state index contributed by atoms with van der Waals surface area (Å²) in [5, 5.41) is 2.79. The van der Waals surface area contributed by atoms with Crippen LogP contribution in [-0.2, 0) is 20.8 Å². The molecule has 0 aliphatic carbocycles. The molecule has 1 saturated heterocycles. The number of benzene rings is 2. The lowest BCUT2D eigenvalue weighted by Gasteiger charge is -2.26. The second-order valence-electron chi connectivity index (χ2n) is 7.31. The molecule has 0 spiro atoms. The third-order valence-electron chi connectivity index (χ3n) is 5.07. The van der Waals surface area contributed by atoms with Gasteiger partial charge >= 0.3 is 18.7 Å². The lowest BCUT2D eigenvalue weighted by atomic mass is 10.1. The molecule has 1 fully saturated rings. The van der Waals surface area contributed by atoms with Crippen LogP contribution in [0.5, 0.6) is 0 Å². The van der Waals surface area contributed by atoms with Crippen LogP contribution in [0, 0.1) is 0 Å². The van der Waals surface area contributed by atoms with Gasteiger partial charge in [0.2, 0.25) is 0 Å². The summed E-state index contributed by atoms with van der Waals surface area (Å²) in [7, 11) is 0. The molecule has 32 heavy (non-hydrogen) atoms. The van der Waals surface area contributed by atoms with Crippen LogP contribution >= 0.6 is 0 Å². The maximum atomic E-state index is 12.6. The Morgan fingerprint density at radius 1 is 1.09 bits per heavy atom. The van der Waals surface area contributed by atoms with Gasteiger partial charge in [-0.15, -0.1) is 0 Å².